The normalized spacial score (nSPS) is 10.2. The maximum absolute atomic E-state index is 12.0. The van der Waals surface area contributed by atoms with Gasteiger partial charge in [0.15, 0.2) is 0 Å². The Morgan fingerprint density at radius 2 is 1.85 bits per heavy atom. The van der Waals surface area contributed by atoms with Gasteiger partial charge in [-0.2, -0.15) is 0 Å². The number of aromatic nitrogens is 2. The first-order valence-corrected chi connectivity index (χ1v) is 6.29. The Hall–Kier alpha value is -2.88. The number of carbonyl (C=O) groups is 1. The average Bonchev–Trinajstić information content (AvgIpc) is 3.03. The van der Waals surface area contributed by atoms with E-state index in [-0.39, 0.29) is 5.91 Å². The first-order chi connectivity index (χ1) is 9.83. The van der Waals surface area contributed by atoms with Gasteiger partial charge in [0.25, 0.3) is 5.91 Å². The van der Waals surface area contributed by atoms with E-state index >= 15 is 0 Å². The van der Waals surface area contributed by atoms with Crippen LogP contribution in [0, 0.1) is 0 Å². The Balaban J connectivity index is 1.82. The minimum Gasteiger partial charge on any atom is -0.324 e. The molecule has 2 aromatic heterocycles. The first kappa shape index (κ1) is 12.2. The molecular weight excluding hydrogens is 250 g/mol. The highest BCUT2D eigenvalue weighted by Gasteiger charge is 2.07. The lowest BCUT2D eigenvalue weighted by Gasteiger charge is -2.08. The van der Waals surface area contributed by atoms with Crippen LogP contribution in [0.15, 0.2) is 73.2 Å². The number of anilines is 1. The summed E-state index contributed by atoms with van der Waals surface area (Å²) in [5.41, 5.74) is 2.14. The van der Waals surface area contributed by atoms with Crippen molar-refractivity contribution in [3.63, 3.8) is 0 Å². The van der Waals surface area contributed by atoms with Gasteiger partial charge in [-0.1, -0.05) is 12.1 Å². The van der Waals surface area contributed by atoms with E-state index < -0.39 is 0 Å². The van der Waals surface area contributed by atoms with Crippen molar-refractivity contribution >= 4 is 11.6 Å². The van der Waals surface area contributed by atoms with Crippen LogP contribution in [0.2, 0.25) is 0 Å². The second kappa shape index (κ2) is 5.40. The van der Waals surface area contributed by atoms with Gasteiger partial charge in [0.1, 0.15) is 5.69 Å². The van der Waals surface area contributed by atoms with Gasteiger partial charge < -0.3 is 9.88 Å². The zero-order chi connectivity index (χ0) is 13.8. The fraction of sp³-hybridized carbons (Fsp3) is 0. The van der Waals surface area contributed by atoms with Gasteiger partial charge in [0.2, 0.25) is 0 Å². The van der Waals surface area contributed by atoms with Crippen LogP contribution in [0.3, 0.4) is 0 Å². The third-order valence-corrected chi connectivity index (χ3v) is 2.90. The smallest absolute Gasteiger partial charge is 0.274 e. The molecule has 1 amide bonds. The van der Waals surface area contributed by atoms with E-state index in [0.29, 0.717) is 5.69 Å². The summed E-state index contributed by atoms with van der Waals surface area (Å²) in [7, 11) is 0. The molecule has 4 heteroatoms. The third kappa shape index (κ3) is 2.59. The van der Waals surface area contributed by atoms with Crippen molar-refractivity contribution in [2.24, 2.45) is 0 Å². The topological polar surface area (TPSA) is 46.9 Å². The number of nitrogens with one attached hydrogen (secondary N) is 1. The number of benzene rings is 1. The van der Waals surface area contributed by atoms with E-state index in [9.17, 15) is 4.79 Å². The molecule has 4 nitrogen and oxygen atoms in total. The molecular formula is C16H13N3O. The molecule has 98 valence electrons. The Morgan fingerprint density at radius 1 is 1.00 bits per heavy atom. The van der Waals surface area contributed by atoms with Gasteiger partial charge in [0, 0.05) is 30.0 Å². The summed E-state index contributed by atoms with van der Waals surface area (Å²) in [6.07, 6.45) is 5.52. The van der Waals surface area contributed by atoms with Gasteiger partial charge in [0.05, 0.1) is 0 Å². The largest absolute Gasteiger partial charge is 0.324 e. The zero-order valence-corrected chi connectivity index (χ0v) is 10.7. The third-order valence-electron chi connectivity index (χ3n) is 2.90. The highest BCUT2D eigenvalue weighted by molar-refractivity contribution is 6.02. The molecule has 0 spiro atoms. The summed E-state index contributed by atoms with van der Waals surface area (Å²) in [6, 6.07) is 16.8. The first-order valence-electron chi connectivity index (χ1n) is 6.29. The molecule has 20 heavy (non-hydrogen) atoms. The van der Waals surface area contributed by atoms with Gasteiger partial charge in [-0.25, -0.2) is 0 Å². The minimum atomic E-state index is -0.213. The van der Waals surface area contributed by atoms with Gasteiger partial charge in [-0.3, -0.25) is 9.78 Å². The second-order valence-electron chi connectivity index (χ2n) is 4.31. The van der Waals surface area contributed by atoms with Crippen LogP contribution in [0.1, 0.15) is 10.5 Å². The van der Waals surface area contributed by atoms with Crippen molar-refractivity contribution in [1.29, 1.82) is 0 Å². The van der Waals surface area contributed by atoms with Crippen molar-refractivity contribution in [2.75, 3.05) is 5.32 Å². The van der Waals surface area contributed by atoms with E-state index in [4.69, 9.17) is 0 Å². The molecule has 1 aromatic carbocycles. The van der Waals surface area contributed by atoms with Crippen molar-refractivity contribution in [1.82, 2.24) is 9.55 Å². The molecule has 0 aliphatic carbocycles. The molecule has 0 saturated carbocycles. The summed E-state index contributed by atoms with van der Waals surface area (Å²) in [5.74, 6) is -0.213. The molecule has 0 bridgehead atoms. The van der Waals surface area contributed by atoms with Crippen LogP contribution < -0.4 is 5.32 Å². The molecule has 1 N–H and O–H groups in total. The van der Waals surface area contributed by atoms with Crippen LogP contribution >= 0.6 is 0 Å². The maximum Gasteiger partial charge on any atom is 0.274 e. The summed E-state index contributed by atoms with van der Waals surface area (Å²) in [4.78, 5) is 16.1. The van der Waals surface area contributed by atoms with Crippen LogP contribution in [-0.2, 0) is 0 Å². The second-order valence-corrected chi connectivity index (χ2v) is 4.31. The lowest BCUT2D eigenvalue weighted by atomic mass is 10.2. The summed E-state index contributed by atoms with van der Waals surface area (Å²) < 4.78 is 1.98. The number of rotatable bonds is 3. The van der Waals surface area contributed by atoms with Crippen molar-refractivity contribution in [2.45, 2.75) is 0 Å². The molecule has 0 aliphatic heterocycles. The Bertz CT molecular complexity index is 706. The van der Waals surface area contributed by atoms with E-state index in [1.165, 1.54) is 0 Å². The number of carbonyl (C=O) groups excluding carboxylic acids is 1. The molecule has 0 unspecified atom stereocenters. The fourth-order valence-corrected chi connectivity index (χ4v) is 1.94. The Kier molecular flexibility index (Phi) is 3.29. The molecule has 2 heterocycles. The number of amides is 1. The number of hydrogen-bond acceptors (Lipinski definition) is 2. The van der Waals surface area contributed by atoms with Crippen LogP contribution in [0.5, 0.6) is 0 Å². The van der Waals surface area contributed by atoms with Crippen LogP contribution in [0.4, 0.5) is 5.69 Å². The average molecular weight is 263 g/mol. The molecule has 3 aromatic rings. The number of pyridine rings is 1. The molecule has 3 rings (SSSR count). The quantitative estimate of drug-likeness (QED) is 0.789. The maximum atomic E-state index is 12.0. The SMILES string of the molecule is O=C(Nc1cccc(-n2cccc2)c1)c1ccccn1. The summed E-state index contributed by atoms with van der Waals surface area (Å²) in [5, 5.41) is 2.85. The zero-order valence-electron chi connectivity index (χ0n) is 10.7. The van der Waals surface area contributed by atoms with Gasteiger partial charge >= 0.3 is 0 Å². The molecule has 0 aliphatic rings. The lowest BCUT2D eigenvalue weighted by molar-refractivity contribution is 0.102. The van der Waals surface area contributed by atoms with E-state index in [2.05, 4.69) is 10.3 Å². The Labute approximate surface area is 116 Å². The lowest BCUT2D eigenvalue weighted by Crippen LogP contribution is -2.13. The molecule has 0 radical (unpaired) electrons. The molecule has 0 saturated heterocycles. The summed E-state index contributed by atoms with van der Waals surface area (Å²) >= 11 is 0. The van der Waals surface area contributed by atoms with Gasteiger partial charge in [-0.15, -0.1) is 0 Å². The van der Waals surface area contributed by atoms with Crippen molar-refractivity contribution in [3.05, 3.63) is 78.9 Å². The van der Waals surface area contributed by atoms with E-state index in [0.717, 1.165) is 11.4 Å². The highest BCUT2D eigenvalue weighted by Crippen LogP contribution is 2.15. The Morgan fingerprint density at radius 3 is 2.60 bits per heavy atom. The summed E-state index contributed by atoms with van der Waals surface area (Å²) in [6.45, 7) is 0. The molecule has 0 fully saturated rings. The van der Waals surface area contributed by atoms with Crippen LogP contribution in [0.25, 0.3) is 5.69 Å². The standard InChI is InChI=1S/C16H13N3O/c20-16(15-8-1-2-9-17-15)18-13-6-5-7-14(12-13)19-10-3-4-11-19/h1-12H,(H,18,20). The van der Waals surface area contributed by atoms with Gasteiger partial charge in [-0.05, 0) is 42.5 Å². The predicted molar refractivity (Wildman–Crippen MR) is 78.0 cm³/mol. The van der Waals surface area contributed by atoms with E-state index in [1.807, 2.05) is 53.4 Å². The highest BCUT2D eigenvalue weighted by atomic mass is 16.1. The monoisotopic (exact) mass is 263 g/mol. The van der Waals surface area contributed by atoms with Crippen molar-refractivity contribution in [3.8, 4) is 5.69 Å². The number of hydrogen-bond donors (Lipinski definition) is 1. The fourth-order valence-electron chi connectivity index (χ4n) is 1.94. The minimum absolute atomic E-state index is 0.213. The van der Waals surface area contributed by atoms with Crippen LogP contribution in [-0.4, -0.2) is 15.5 Å². The van der Waals surface area contributed by atoms with E-state index in [1.54, 1.807) is 24.4 Å². The molecule has 0 atom stereocenters. The predicted octanol–water partition coefficient (Wildman–Crippen LogP) is 3.12. The number of nitrogens with zero attached hydrogens (tertiary/aromatic N) is 2. The van der Waals surface area contributed by atoms with Crippen molar-refractivity contribution < 1.29 is 4.79 Å².